The van der Waals surface area contributed by atoms with Crippen LogP contribution >= 0.6 is 0 Å². The van der Waals surface area contributed by atoms with Crippen LogP contribution < -0.4 is 14.8 Å². The summed E-state index contributed by atoms with van der Waals surface area (Å²) in [6, 6.07) is 6.87. The smallest absolute Gasteiger partial charge is 0.408 e. The number of hydrogen-bond donors (Lipinski definition) is 2. The fourth-order valence-corrected chi connectivity index (χ4v) is 4.80. The molecule has 1 fully saturated rings. The number of methoxy groups -OCH3 is 1. The van der Waals surface area contributed by atoms with Crippen molar-refractivity contribution in [2.75, 3.05) is 13.7 Å². The molecule has 12 nitrogen and oxygen atoms in total. The monoisotopic (exact) mass is 582 g/mol. The van der Waals surface area contributed by atoms with Gasteiger partial charge >= 0.3 is 12.1 Å². The van der Waals surface area contributed by atoms with Crippen LogP contribution in [0.3, 0.4) is 0 Å². The lowest BCUT2D eigenvalue weighted by molar-refractivity contribution is -0.150. The molecule has 1 aliphatic rings. The van der Waals surface area contributed by atoms with E-state index in [2.05, 4.69) is 10.5 Å². The summed E-state index contributed by atoms with van der Waals surface area (Å²) in [6.07, 6.45) is -1.43. The number of alkyl carbamates (subject to hydrolysis) is 1. The van der Waals surface area contributed by atoms with E-state index in [1.165, 1.54) is 4.90 Å². The zero-order valence-corrected chi connectivity index (χ0v) is 25.2. The minimum Gasteiger partial charge on any atom is -0.497 e. The predicted molar refractivity (Wildman–Crippen MR) is 153 cm³/mol. The number of rotatable bonds is 7. The first-order valence-electron chi connectivity index (χ1n) is 13.7. The fourth-order valence-electron chi connectivity index (χ4n) is 4.80. The number of fused-ring (bicyclic) bond motifs is 1. The highest BCUT2D eigenvalue weighted by atomic mass is 16.6. The van der Waals surface area contributed by atoms with Crippen molar-refractivity contribution in [1.29, 1.82) is 0 Å². The van der Waals surface area contributed by atoms with Crippen molar-refractivity contribution >= 4 is 29.1 Å². The van der Waals surface area contributed by atoms with Crippen LogP contribution in [-0.2, 0) is 14.3 Å². The Hall–Kier alpha value is -4.35. The zero-order valence-electron chi connectivity index (χ0n) is 25.2. The van der Waals surface area contributed by atoms with Gasteiger partial charge in [0.15, 0.2) is 5.75 Å². The van der Waals surface area contributed by atoms with Crippen LogP contribution in [0, 0.1) is 12.3 Å². The van der Waals surface area contributed by atoms with Crippen LogP contribution in [0.5, 0.6) is 11.5 Å². The van der Waals surface area contributed by atoms with E-state index in [9.17, 15) is 19.5 Å². The lowest BCUT2D eigenvalue weighted by Crippen LogP contribution is -2.57. The summed E-state index contributed by atoms with van der Waals surface area (Å²) in [6.45, 7) is 12.2. The predicted octanol–water partition coefficient (Wildman–Crippen LogP) is 4.58. The number of ether oxygens (including phenoxy) is 3. The van der Waals surface area contributed by atoms with Gasteiger partial charge < -0.3 is 34.1 Å². The van der Waals surface area contributed by atoms with E-state index in [-0.39, 0.29) is 13.0 Å². The molecule has 3 heterocycles. The summed E-state index contributed by atoms with van der Waals surface area (Å²) in [4.78, 5) is 44.6. The molecule has 226 valence electrons. The molecule has 0 radical (unpaired) electrons. The Morgan fingerprint density at radius 1 is 1.14 bits per heavy atom. The number of nitrogens with one attached hydrogen (secondary N) is 1. The third-order valence-electron chi connectivity index (χ3n) is 6.82. The van der Waals surface area contributed by atoms with Gasteiger partial charge in [-0.2, -0.15) is 0 Å². The molecule has 3 atom stereocenters. The van der Waals surface area contributed by atoms with Crippen molar-refractivity contribution < 1.29 is 38.2 Å². The van der Waals surface area contributed by atoms with E-state index in [4.69, 9.17) is 23.7 Å². The summed E-state index contributed by atoms with van der Waals surface area (Å²) in [5.74, 6) is -0.742. The summed E-state index contributed by atoms with van der Waals surface area (Å²) >= 11 is 0. The number of hydrogen-bond acceptors (Lipinski definition) is 9. The molecule has 0 spiro atoms. The first-order chi connectivity index (χ1) is 19.6. The van der Waals surface area contributed by atoms with Gasteiger partial charge in [-0.15, -0.1) is 0 Å². The van der Waals surface area contributed by atoms with E-state index < -0.39 is 47.2 Å². The average Bonchev–Trinajstić information content (AvgIpc) is 3.49. The van der Waals surface area contributed by atoms with Crippen molar-refractivity contribution in [2.45, 2.75) is 78.7 Å². The third-order valence-corrected chi connectivity index (χ3v) is 6.82. The molecule has 12 heteroatoms. The van der Waals surface area contributed by atoms with Gasteiger partial charge in [-0.3, -0.25) is 4.79 Å². The van der Waals surface area contributed by atoms with Crippen LogP contribution in [0.1, 0.15) is 53.7 Å². The van der Waals surface area contributed by atoms with Gasteiger partial charge in [0.2, 0.25) is 11.5 Å². The van der Waals surface area contributed by atoms with Crippen LogP contribution in [-0.4, -0.2) is 75.6 Å². The molecule has 2 N–H and O–H groups in total. The van der Waals surface area contributed by atoms with Crippen molar-refractivity contribution in [3.63, 3.8) is 0 Å². The van der Waals surface area contributed by atoms with Crippen molar-refractivity contribution in [3.8, 4) is 22.8 Å². The number of aliphatic carboxylic acids is 1. The Morgan fingerprint density at radius 3 is 2.48 bits per heavy atom. The van der Waals surface area contributed by atoms with Crippen LogP contribution in [0.4, 0.5) is 4.79 Å². The molecule has 3 aromatic rings. The summed E-state index contributed by atoms with van der Waals surface area (Å²) in [5.41, 5.74) is 1.22. The number of aromatic nitrogens is 2. The molecular weight excluding hydrogens is 544 g/mol. The second kappa shape index (κ2) is 11.5. The second-order valence-electron chi connectivity index (χ2n) is 12.4. The molecule has 4 rings (SSSR count). The normalized spacial score (nSPS) is 18.0. The van der Waals surface area contributed by atoms with E-state index >= 15 is 0 Å². The number of pyridine rings is 1. The van der Waals surface area contributed by atoms with Crippen LogP contribution in [0.15, 0.2) is 34.9 Å². The molecule has 1 saturated heterocycles. The number of nitrogens with zero attached hydrogens (tertiary/aromatic N) is 3. The highest BCUT2D eigenvalue weighted by Gasteiger charge is 2.46. The van der Waals surface area contributed by atoms with E-state index in [1.54, 1.807) is 61.6 Å². The number of carboxylic acid groups (broad SMARTS) is 1. The van der Waals surface area contributed by atoms with Gasteiger partial charge in [-0.05, 0) is 45.2 Å². The molecule has 2 amide bonds. The molecule has 42 heavy (non-hydrogen) atoms. The maximum Gasteiger partial charge on any atom is 0.408 e. The lowest BCUT2D eigenvalue weighted by atomic mass is 9.85. The lowest BCUT2D eigenvalue weighted by Gasteiger charge is -2.35. The molecule has 0 bridgehead atoms. The van der Waals surface area contributed by atoms with E-state index in [0.717, 1.165) is 5.56 Å². The Kier molecular flexibility index (Phi) is 8.38. The van der Waals surface area contributed by atoms with Crippen molar-refractivity contribution in [1.82, 2.24) is 20.4 Å². The standard InChI is InChI=1S/C30H38N4O8/c1-16-23-24(42-33-16)22(14-20(31-23)17-10-9-11-18(12-17)39-8)40-19-13-21(27(36)37)34(15-19)26(35)25(29(2,3)4)32-28(38)41-30(5,6)7/h9-12,14,19,21,25H,13,15H2,1-8H3,(H,32,38)(H,36,37)/t19?,21-,25+/m0/s1. The first-order valence-corrected chi connectivity index (χ1v) is 13.7. The largest absolute Gasteiger partial charge is 0.497 e. The second-order valence-corrected chi connectivity index (χ2v) is 12.4. The number of carbonyl (C=O) groups is 3. The Labute approximate surface area is 244 Å². The summed E-state index contributed by atoms with van der Waals surface area (Å²) in [5, 5.41) is 16.7. The van der Waals surface area contributed by atoms with Gasteiger partial charge in [-0.1, -0.05) is 38.1 Å². The Bertz CT molecular complexity index is 1490. The number of aryl methyl sites for hydroxylation is 1. The van der Waals surface area contributed by atoms with Crippen molar-refractivity contribution in [2.24, 2.45) is 5.41 Å². The molecule has 1 aliphatic heterocycles. The minimum atomic E-state index is -1.17. The van der Waals surface area contributed by atoms with Gasteiger partial charge in [0.25, 0.3) is 0 Å². The topological polar surface area (TPSA) is 153 Å². The molecule has 1 unspecified atom stereocenters. The van der Waals surface area contributed by atoms with Gasteiger partial charge in [0.1, 0.15) is 40.7 Å². The molecule has 0 saturated carbocycles. The Balaban J connectivity index is 1.63. The molecule has 0 aliphatic carbocycles. The first kappa shape index (κ1) is 30.6. The van der Waals surface area contributed by atoms with Gasteiger partial charge in [0, 0.05) is 18.1 Å². The highest BCUT2D eigenvalue weighted by molar-refractivity contribution is 5.90. The molecular formula is C30H38N4O8. The summed E-state index contributed by atoms with van der Waals surface area (Å²) < 4.78 is 22.6. The maximum absolute atomic E-state index is 13.8. The quantitative estimate of drug-likeness (QED) is 0.405. The maximum atomic E-state index is 13.8. The van der Waals surface area contributed by atoms with Crippen LogP contribution in [0.2, 0.25) is 0 Å². The number of carboxylic acids is 1. The van der Waals surface area contributed by atoms with Gasteiger partial charge in [0.05, 0.1) is 19.3 Å². The fraction of sp³-hybridized carbons (Fsp3) is 0.500. The summed E-state index contributed by atoms with van der Waals surface area (Å²) in [7, 11) is 1.58. The Morgan fingerprint density at radius 2 is 1.86 bits per heavy atom. The molecule has 1 aromatic carbocycles. The number of amides is 2. The highest BCUT2D eigenvalue weighted by Crippen LogP contribution is 2.35. The van der Waals surface area contributed by atoms with E-state index in [1.807, 2.05) is 24.3 Å². The zero-order chi connectivity index (χ0) is 31.0. The number of benzene rings is 1. The SMILES string of the molecule is COc1cccc(-c2cc(OC3C[C@@H](C(=O)O)N(C(=O)[C@@H](NC(=O)OC(C)(C)C)C(C)(C)C)C3)c3onc(C)c3n2)c1. The number of carbonyl (C=O) groups excluding carboxylic acids is 2. The molecule has 2 aromatic heterocycles. The van der Waals surface area contributed by atoms with Gasteiger partial charge in [-0.25, -0.2) is 14.6 Å². The average molecular weight is 583 g/mol. The van der Waals surface area contributed by atoms with E-state index in [0.29, 0.717) is 34.0 Å². The van der Waals surface area contributed by atoms with Crippen molar-refractivity contribution in [3.05, 3.63) is 36.0 Å². The minimum absolute atomic E-state index is 0.0236. The third kappa shape index (κ3) is 6.75. The van der Waals surface area contributed by atoms with Crippen LogP contribution in [0.25, 0.3) is 22.4 Å². The number of likely N-dealkylation sites (tertiary alicyclic amines) is 1.